The Kier molecular flexibility index (Phi) is 5.35. The van der Waals surface area contributed by atoms with E-state index in [1.165, 1.54) is 11.1 Å². The molecule has 2 aliphatic rings. The first-order valence-corrected chi connectivity index (χ1v) is 10.1. The molecule has 0 N–H and O–H groups in total. The van der Waals surface area contributed by atoms with Crippen molar-refractivity contribution < 1.29 is 23.9 Å². The van der Waals surface area contributed by atoms with Crippen LogP contribution in [0.15, 0.2) is 36.0 Å². The standard InChI is InChI=1S/C23H28N2O5/c1-7-14-12-24(21(29)30-22(2,3)4)13-23(5,6)18(17(14)26)25-19(27)15-10-8-9-11-16(15)20(25)28/h8-12,18H,7,13H2,1-6H3. The fraction of sp³-hybridized carbons (Fsp3) is 0.478. The van der Waals surface area contributed by atoms with E-state index in [-0.39, 0.29) is 12.3 Å². The van der Waals surface area contributed by atoms with E-state index < -0.39 is 35.0 Å². The molecule has 0 fully saturated rings. The maximum Gasteiger partial charge on any atom is 0.414 e. The lowest BCUT2D eigenvalue weighted by Gasteiger charge is -2.38. The quantitative estimate of drug-likeness (QED) is 0.690. The largest absolute Gasteiger partial charge is 0.443 e. The molecular formula is C23H28N2O5. The molecule has 7 heteroatoms. The summed E-state index contributed by atoms with van der Waals surface area (Å²) >= 11 is 0. The van der Waals surface area contributed by atoms with Crippen molar-refractivity contribution >= 4 is 23.7 Å². The monoisotopic (exact) mass is 412 g/mol. The first-order valence-electron chi connectivity index (χ1n) is 10.1. The SMILES string of the molecule is CCC1=CN(C(=O)OC(C)(C)C)CC(C)(C)C(N2C(=O)c3ccccc3C2=O)C1=O. The number of ketones is 1. The predicted octanol–water partition coefficient (Wildman–Crippen LogP) is 3.79. The van der Waals surface area contributed by atoms with Gasteiger partial charge in [-0.05, 0) is 39.3 Å². The van der Waals surface area contributed by atoms with Crippen LogP contribution in [-0.4, -0.2) is 51.7 Å². The molecule has 0 aromatic heterocycles. The van der Waals surface area contributed by atoms with Crippen LogP contribution < -0.4 is 0 Å². The van der Waals surface area contributed by atoms with Crippen LogP contribution in [-0.2, 0) is 9.53 Å². The number of amides is 3. The third-order valence-corrected chi connectivity index (χ3v) is 5.29. The first kappa shape index (κ1) is 21.7. The van der Waals surface area contributed by atoms with E-state index >= 15 is 0 Å². The van der Waals surface area contributed by atoms with Crippen molar-refractivity contribution in [1.29, 1.82) is 0 Å². The number of ether oxygens (including phenoxy) is 1. The Bertz CT molecular complexity index is 920. The smallest absolute Gasteiger partial charge is 0.414 e. The highest BCUT2D eigenvalue weighted by atomic mass is 16.6. The van der Waals surface area contributed by atoms with Crippen LogP contribution >= 0.6 is 0 Å². The van der Waals surface area contributed by atoms with Crippen LogP contribution in [0, 0.1) is 5.41 Å². The van der Waals surface area contributed by atoms with Crippen LogP contribution in [0.25, 0.3) is 0 Å². The molecule has 0 aliphatic carbocycles. The Balaban J connectivity index is 2.03. The van der Waals surface area contributed by atoms with Gasteiger partial charge in [-0.1, -0.05) is 32.9 Å². The average molecular weight is 412 g/mol. The Morgan fingerprint density at radius 2 is 1.63 bits per heavy atom. The van der Waals surface area contributed by atoms with E-state index in [0.717, 1.165) is 4.90 Å². The second-order valence-electron chi connectivity index (χ2n) is 9.40. The minimum absolute atomic E-state index is 0.120. The normalized spacial score (nSPS) is 21.3. The van der Waals surface area contributed by atoms with Crippen molar-refractivity contribution in [2.75, 3.05) is 6.54 Å². The molecule has 160 valence electrons. The predicted molar refractivity (Wildman–Crippen MR) is 111 cm³/mol. The fourth-order valence-electron chi connectivity index (χ4n) is 3.97. The Morgan fingerprint density at radius 3 is 2.10 bits per heavy atom. The highest BCUT2D eigenvalue weighted by Crippen LogP contribution is 2.37. The van der Waals surface area contributed by atoms with Gasteiger partial charge in [0.1, 0.15) is 11.6 Å². The molecule has 2 heterocycles. The van der Waals surface area contributed by atoms with Crippen molar-refractivity contribution in [1.82, 2.24) is 9.80 Å². The summed E-state index contributed by atoms with van der Waals surface area (Å²) < 4.78 is 5.49. The lowest BCUT2D eigenvalue weighted by atomic mass is 9.79. The number of fused-ring (bicyclic) bond motifs is 1. The summed E-state index contributed by atoms with van der Waals surface area (Å²) in [5.41, 5.74) is -0.634. The van der Waals surface area contributed by atoms with Gasteiger partial charge in [-0.25, -0.2) is 4.79 Å². The van der Waals surface area contributed by atoms with Gasteiger partial charge >= 0.3 is 6.09 Å². The molecule has 0 radical (unpaired) electrons. The average Bonchev–Trinajstić information content (AvgIpc) is 2.82. The van der Waals surface area contributed by atoms with Crippen LogP contribution in [0.2, 0.25) is 0 Å². The van der Waals surface area contributed by atoms with Crippen LogP contribution in [0.1, 0.15) is 68.7 Å². The summed E-state index contributed by atoms with van der Waals surface area (Å²) in [6.45, 7) is 10.8. The minimum Gasteiger partial charge on any atom is -0.443 e. The maximum absolute atomic E-state index is 13.5. The first-order chi connectivity index (χ1) is 13.9. The van der Waals surface area contributed by atoms with Gasteiger partial charge in [0.15, 0.2) is 5.78 Å². The number of hydrogen-bond acceptors (Lipinski definition) is 5. The lowest BCUT2D eigenvalue weighted by Crippen LogP contribution is -2.55. The number of hydrogen-bond donors (Lipinski definition) is 0. The number of benzene rings is 1. The molecule has 1 aromatic carbocycles. The molecule has 1 aromatic rings. The molecule has 1 atom stereocenters. The van der Waals surface area contributed by atoms with Crippen molar-refractivity contribution in [2.45, 2.75) is 59.6 Å². The second kappa shape index (κ2) is 7.38. The van der Waals surface area contributed by atoms with Gasteiger partial charge in [-0.2, -0.15) is 0 Å². The van der Waals surface area contributed by atoms with E-state index in [1.54, 1.807) is 65.8 Å². The number of imide groups is 1. The highest BCUT2D eigenvalue weighted by Gasteiger charge is 2.51. The summed E-state index contributed by atoms with van der Waals surface area (Å²) in [5.74, 6) is -1.30. The van der Waals surface area contributed by atoms with Crippen molar-refractivity contribution in [2.24, 2.45) is 5.41 Å². The maximum atomic E-state index is 13.5. The van der Waals surface area contributed by atoms with Gasteiger partial charge < -0.3 is 4.74 Å². The van der Waals surface area contributed by atoms with E-state index in [4.69, 9.17) is 4.74 Å². The summed E-state index contributed by atoms with van der Waals surface area (Å²) in [6, 6.07) is 5.54. The molecule has 0 spiro atoms. The summed E-state index contributed by atoms with van der Waals surface area (Å²) in [6.07, 6.45) is 1.28. The Morgan fingerprint density at radius 1 is 1.10 bits per heavy atom. The van der Waals surface area contributed by atoms with Crippen molar-refractivity contribution in [3.05, 3.63) is 47.2 Å². The van der Waals surface area contributed by atoms with Gasteiger partial charge in [-0.15, -0.1) is 0 Å². The Hall–Kier alpha value is -2.96. The van der Waals surface area contributed by atoms with E-state index in [1.807, 2.05) is 0 Å². The van der Waals surface area contributed by atoms with Crippen molar-refractivity contribution in [3.63, 3.8) is 0 Å². The van der Waals surface area contributed by atoms with Crippen molar-refractivity contribution in [3.8, 4) is 0 Å². The number of Topliss-reactive ketones (excluding diaryl/α,β-unsaturated/α-hetero) is 1. The molecule has 0 saturated carbocycles. The number of carbonyl (C=O) groups is 4. The second-order valence-corrected chi connectivity index (χ2v) is 9.40. The molecule has 30 heavy (non-hydrogen) atoms. The molecule has 3 rings (SSSR count). The summed E-state index contributed by atoms with van der Waals surface area (Å²) in [4.78, 5) is 54.8. The van der Waals surface area contributed by atoms with Gasteiger partial charge in [-0.3, -0.25) is 24.2 Å². The van der Waals surface area contributed by atoms with Gasteiger partial charge in [0.25, 0.3) is 11.8 Å². The number of carbonyl (C=O) groups excluding carboxylic acids is 4. The lowest BCUT2D eigenvalue weighted by molar-refractivity contribution is -0.122. The van der Waals surface area contributed by atoms with E-state index in [9.17, 15) is 19.2 Å². The van der Waals surface area contributed by atoms with Crippen LogP contribution in [0.4, 0.5) is 4.79 Å². The highest BCUT2D eigenvalue weighted by molar-refractivity contribution is 6.23. The topological polar surface area (TPSA) is 84.0 Å². The molecule has 0 bridgehead atoms. The zero-order chi connectivity index (χ0) is 22.4. The zero-order valence-corrected chi connectivity index (χ0v) is 18.3. The zero-order valence-electron chi connectivity index (χ0n) is 18.3. The van der Waals surface area contributed by atoms with E-state index in [2.05, 4.69) is 0 Å². The molecule has 2 aliphatic heterocycles. The van der Waals surface area contributed by atoms with Crippen LogP contribution in [0.5, 0.6) is 0 Å². The molecule has 0 saturated heterocycles. The van der Waals surface area contributed by atoms with E-state index in [0.29, 0.717) is 23.1 Å². The minimum atomic E-state index is -1.02. The Labute approximate surface area is 176 Å². The van der Waals surface area contributed by atoms with Gasteiger partial charge in [0.05, 0.1) is 11.1 Å². The molecule has 7 nitrogen and oxygen atoms in total. The third kappa shape index (κ3) is 3.76. The number of nitrogens with zero attached hydrogens (tertiary/aromatic N) is 2. The number of rotatable bonds is 2. The molecule has 1 unspecified atom stereocenters. The molecular weight excluding hydrogens is 384 g/mol. The van der Waals surface area contributed by atoms with Gasteiger partial charge in [0, 0.05) is 23.7 Å². The fourth-order valence-corrected chi connectivity index (χ4v) is 3.97. The summed E-state index contributed by atoms with van der Waals surface area (Å²) in [7, 11) is 0. The third-order valence-electron chi connectivity index (χ3n) is 5.29. The van der Waals surface area contributed by atoms with Crippen LogP contribution in [0.3, 0.4) is 0 Å². The van der Waals surface area contributed by atoms with Gasteiger partial charge in [0.2, 0.25) is 0 Å². The summed E-state index contributed by atoms with van der Waals surface area (Å²) in [5, 5.41) is 0. The molecule has 3 amide bonds.